The van der Waals surface area contributed by atoms with Crippen LogP contribution in [0.3, 0.4) is 0 Å². The Hall–Kier alpha value is -2.23. The lowest BCUT2D eigenvalue weighted by Gasteiger charge is -2.38. The molecule has 0 saturated carbocycles. The third kappa shape index (κ3) is 3.82. The van der Waals surface area contributed by atoms with Crippen LogP contribution in [0.1, 0.15) is 19.3 Å². The summed E-state index contributed by atoms with van der Waals surface area (Å²) in [5, 5.41) is 6.75. The predicted octanol–water partition coefficient (Wildman–Crippen LogP) is 1.29. The van der Waals surface area contributed by atoms with Gasteiger partial charge in [0.15, 0.2) is 0 Å². The molecule has 8 nitrogen and oxygen atoms in total. The van der Waals surface area contributed by atoms with Gasteiger partial charge in [0.1, 0.15) is 5.69 Å². The van der Waals surface area contributed by atoms with E-state index in [1.54, 1.807) is 14.7 Å². The lowest BCUT2D eigenvalue weighted by atomic mass is 10.1. The van der Waals surface area contributed by atoms with Crippen LogP contribution in [0.15, 0.2) is 41.2 Å². The van der Waals surface area contributed by atoms with Crippen molar-refractivity contribution >= 4 is 15.9 Å². The first kappa shape index (κ1) is 19.1. The summed E-state index contributed by atoms with van der Waals surface area (Å²) in [6.45, 7) is 3.08. The number of nitrogens with zero attached hydrogens (tertiary/aromatic N) is 4. The lowest BCUT2D eigenvalue weighted by Crippen LogP contribution is -2.54. The Bertz CT molecular complexity index is 963. The Morgan fingerprint density at radius 1 is 0.857 bits per heavy atom. The van der Waals surface area contributed by atoms with Gasteiger partial charge in [0.05, 0.1) is 5.69 Å². The van der Waals surface area contributed by atoms with Crippen LogP contribution in [0.5, 0.6) is 0 Å². The maximum absolute atomic E-state index is 12.9. The van der Waals surface area contributed by atoms with E-state index in [1.165, 1.54) is 0 Å². The van der Waals surface area contributed by atoms with Gasteiger partial charge in [0, 0.05) is 50.9 Å². The van der Waals surface area contributed by atoms with E-state index in [4.69, 9.17) is 0 Å². The summed E-state index contributed by atoms with van der Waals surface area (Å²) in [4.78, 5) is 13.9. The van der Waals surface area contributed by atoms with Crippen LogP contribution < -0.4 is 10.5 Å². The Kier molecular flexibility index (Phi) is 5.47. The minimum absolute atomic E-state index is 0.266. The number of anilines is 1. The summed E-state index contributed by atoms with van der Waals surface area (Å²) in [6.07, 6.45) is 2.95. The van der Waals surface area contributed by atoms with Crippen molar-refractivity contribution in [3.8, 4) is 11.3 Å². The molecule has 3 heterocycles. The Labute approximate surface area is 165 Å². The van der Waals surface area contributed by atoms with Gasteiger partial charge in [-0.05, 0) is 12.8 Å². The maximum Gasteiger partial charge on any atom is 0.282 e. The molecule has 28 heavy (non-hydrogen) atoms. The zero-order valence-electron chi connectivity index (χ0n) is 15.7. The molecular formula is C19H25N5O3S. The van der Waals surface area contributed by atoms with Crippen molar-refractivity contribution in [2.45, 2.75) is 19.3 Å². The van der Waals surface area contributed by atoms with Crippen LogP contribution in [-0.4, -0.2) is 66.5 Å². The van der Waals surface area contributed by atoms with E-state index in [9.17, 15) is 13.2 Å². The fourth-order valence-corrected chi connectivity index (χ4v) is 5.53. The maximum atomic E-state index is 12.9. The molecule has 0 radical (unpaired) electrons. The first-order valence-electron chi connectivity index (χ1n) is 9.71. The van der Waals surface area contributed by atoms with E-state index in [1.807, 2.05) is 35.2 Å². The Morgan fingerprint density at radius 2 is 1.50 bits per heavy atom. The van der Waals surface area contributed by atoms with Gasteiger partial charge in [-0.2, -0.15) is 22.1 Å². The number of H-pyrrole nitrogens is 1. The topological polar surface area (TPSA) is 89.6 Å². The lowest BCUT2D eigenvalue weighted by molar-refractivity contribution is 0.295. The van der Waals surface area contributed by atoms with Crippen LogP contribution in [-0.2, 0) is 10.2 Å². The number of rotatable bonds is 4. The number of aromatic nitrogens is 2. The first-order chi connectivity index (χ1) is 13.6. The number of piperazine rings is 1. The van der Waals surface area contributed by atoms with Crippen molar-refractivity contribution in [2.24, 2.45) is 0 Å². The SMILES string of the molecule is O=c1cc(N2CCN(S(=O)(=O)N3CCCCC3)CC2)c(-c2ccccc2)n[nH]1. The molecule has 1 aromatic heterocycles. The highest BCUT2D eigenvalue weighted by Crippen LogP contribution is 2.28. The molecule has 2 aliphatic heterocycles. The number of piperidine rings is 1. The second-order valence-corrected chi connectivity index (χ2v) is 9.11. The average molecular weight is 404 g/mol. The van der Waals surface area contributed by atoms with Crippen LogP contribution in [0.2, 0.25) is 0 Å². The average Bonchev–Trinajstić information content (AvgIpc) is 2.75. The molecule has 9 heteroatoms. The van der Waals surface area contributed by atoms with Crippen molar-refractivity contribution < 1.29 is 8.42 Å². The Balaban J connectivity index is 1.53. The molecule has 150 valence electrons. The van der Waals surface area contributed by atoms with Crippen molar-refractivity contribution in [2.75, 3.05) is 44.2 Å². The second kappa shape index (κ2) is 8.02. The largest absolute Gasteiger partial charge is 0.367 e. The van der Waals surface area contributed by atoms with E-state index in [0.29, 0.717) is 45.0 Å². The van der Waals surface area contributed by atoms with Crippen LogP contribution in [0, 0.1) is 0 Å². The molecule has 2 fully saturated rings. The fraction of sp³-hybridized carbons (Fsp3) is 0.474. The monoisotopic (exact) mass is 403 g/mol. The number of hydrogen-bond acceptors (Lipinski definition) is 5. The molecule has 0 bridgehead atoms. The quantitative estimate of drug-likeness (QED) is 0.831. The minimum atomic E-state index is -3.40. The molecule has 0 atom stereocenters. The standard InChI is InChI=1S/C19H25N5O3S/c25-18-15-17(19(21-20-18)16-7-3-1-4-8-16)22-11-13-24(14-12-22)28(26,27)23-9-5-2-6-10-23/h1,3-4,7-8,15H,2,5-6,9-14H2,(H,20,25). The summed E-state index contributed by atoms with van der Waals surface area (Å²) in [7, 11) is -3.40. The normalized spacial score (nSPS) is 19.6. The van der Waals surface area contributed by atoms with Gasteiger partial charge in [-0.15, -0.1) is 0 Å². The van der Waals surface area contributed by atoms with Gasteiger partial charge in [-0.1, -0.05) is 36.8 Å². The molecule has 1 N–H and O–H groups in total. The molecule has 2 aromatic rings. The van der Waals surface area contributed by atoms with Gasteiger partial charge >= 0.3 is 0 Å². The van der Waals surface area contributed by atoms with Gasteiger partial charge in [0.25, 0.3) is 15.8 Å². The second-order valence-electron chi connectivity index (χ2n) is 7.19. The first-order valence-corrected chi connectivity index (χ1v) is 11.1. The highest BCUT2D eigenvalue weighted by atomic mass is 32.2. The summed E-state index contributed by atoms with van der Waals surface area (Å²) < 4.78 is 29.0. The molecular weight excluding hydrogens is 378 g/mol. The smallest absolute Gasteiger partial charge is 0.282 e. The van der Waals surface area contributed by atoms with Crippen molar-refractivity contribution in [1.82, 2.24) is 18.8 Å². The van der Waals surface area contributed by atoms with Crippen LogP contribution in [0.25, 0.3) is 11.3 Å². The molecule has 0 unspecified atom stereocenters. The number of aromatic amines is 1. The van der Waals surface area contributed by atoms with Gasteiger partial charge in [-0.25, -0.2) is 5.10 Å². The minimum Gasteiger partial charge on any atom is -0.367 e. The molecule has 1 aromatic carbocycles. The van der Waals surface area contributed by atoms with Crippen molar-refractivity contribution in [3.05, 3.63) is 46.8 Å². The number of hydrogen-bond donors (Lipinski definition) is 1. The van der Waals surface area contributed by atoms with Gasteiger partial charge in [-0.3, -0.25) is 4.79 Å². The van der Waals surface area contributed by atoms with Gasteiger partial charge in [0.2, 0.25) is 0 Å². The summed E-state index contributed by atoms with van der Waals surface area (Å²) >= 11 is 0. The van der Waals surface area contributed by atoms with E-state index in [2.05, 4.69) is 10.2 Å². The zero-order valence-corrected chi connectivity index (χ0v) is 16.6. The Morgan fingerprint density at radius 3 is 2.18 bits per heavy atom. The summed E-state index contributed by atoms with van der Waals surface area (Å²) in [5.74, 6) is 0. The van der Waals surface area contributed by atoms with E-state index >= 15 is 0 Å². The molecule has 4 rings (SSSR count). The van der Waals surface area contributed by atoms with Crippen molar-refractivity contribution in [1.29, 1.82) is 0 Å². The third-order valence-electron chi connectivity index (χ3n) is 5.38. The van der Waals surface area contributed by atoms with Crippen LogP contribution in [0.4, 0.5) is 5.69 Å². The summed E-state index contributed by atoms with van der Waals surface area (Å²) in [5.41, 5.74) is 2.09. The summed E-state index contributed by atoms with van der Waals surface area (Å²) in [6, 6.07) is 11.2. The molecule has 0 amide bonds. The number of nitrogens with one attached hydrogen (secondary N) is 1. The van der Waals surface area contributed by atoms with E-state index in [0.717, 1.165) is 30.5 Å². The zero-order chi connectivity index (χ0) is 19.6. The molecule has 0 spiro atoms. The van der Waals surface area contributed by atoms with Crippen molar-refractivity contribution in [3.63, 3.8) is 0 Å². The van der Waals surface area contributed by atoms with E-state index < -0.39 is 10.2 Å². The molecule has 2 aliphatic rings. The molecule has 2 saturated heterocycles. The van der Waals surface area contributed by atoms with E-state index in [-0.39, 0.29) is 5.56 Å². The van der Waals surface area contributed by atoms with Gasteiger partial charge < -0.3 is 4.90 Å². The highest BCUT2D eigenvalue weighted by molar-refractivity contribution is 7.86. The van der Waals surface area contributed by atoms with Crippen LogP contribution >= 0.6 is 0 Å². The fourth-order valence-electron chi connectivity index (χ4n) is 3.86. The highest BCUT2D eigenvalue weighted by Gasteiger charge is 2.33. The number of benzene rings is 1. The molecule has 0 aliphatic carbocycles. The third-order valence-corrected chi connectivity index (χ3v) is 7.42. The predicted molar refractivity (Wildman–Crippen MR) is 108 cm³/mol.